The van der Waals surface area contributed by atoms with E-state index in [0.717, 1.165) is 6.54 Å². The SMILES string of the molecule is CN(C)C(=O)CCNC(c1ccccc1)C1CCCCC1. The van der Waals surface area contributed by atoms with Crippen molar-refractivity contribution in [3.8, 4) is 0 Å². The van der Waals surface area contributed by atoms with Gasteiger partial charge in [-0.05, 0) is 24.3 Å². The highest BCUT2D eigenvalue weighted by atomic mass is 16.2. The van der Waals surface area contributed by atoms with Gasteiger partial charge in [0.1, 0.15) is 0 Å². The second-order valence-electron chi connectivity index (χ2n) is 6.28. The first kappa shape index (κ1) is 16.0. The minimum atomic E-state index is 0.193. The number of rotatable bonds is 6. The predicted octanol–water partition coefficient (Wildman–Crippen LogP) is 3.38. The van der Waals surface area contributed by atoms with Crippen LogP contribution in [0.2, 0.25) is 0 Å². The third-order valence-electron chi connectivity index (χ3n) is 4.48. The summed E-state index contributed by atoms with van der Waals surface area (Å²) in [7, 11) is 3.64. The van der Waals surface area contributed by atoms with E-state index in [1.54, 1.807) is 4.90 Å². The van der Waals surface area contributed by atoms with E-state index in [0.29, 0.717) is 18.4 Å². The van der Waals surface area contributed by atoms with Crippen LogP contribution in [0.4, 0.5) is 0 Å². The Balaban J connectivity index is 1.97. The van der Waals surface area contributed by atoms with Crippen LogP contribution in [0.25, 0.3) is 0 Å². The number of carbonyl (C=O) groups is 1. The van der Waals surface area contributed by atoms with Crippen molar-refractivity contribution in [1.82, 2.24) is 10.2 Å². The van der Waals surface area contributed by atoms with Crippen LogP contribution in [0, 0.1) is 5.92 Å². The molecule has 0 radical (unpaired) electrons. The molecule has 1 amide bonds. The van der Waals surface area contributed by atoms with Crippen LogP contribution in [0.5, 0.6) is 0 Å². The van der Waals surface area contributed by atoms with Crippen LogP contribution in [-0.4, -0.2) is 31.4 Å². The lowest BCUT2D eigenvalue weighted by molar-refractivity contribution is -0.128. The van der Waals surface area contributed by atoms with Gasteiger partial charge >= 0.3 is 0 Å². The molecule has 1 N–H and O–H groups in total. The third kappa shape index (κ3) is 4.85. The molecule has 1 unspecified atom stereocenters. The number of hydrogen-bond donors (Lipinski definition) is 1. The number of nitrogens with zero attached hydrogens (tertiary/aromatic N) is 1. The van der Waals surface area contributed by atoms with Gasteiger partial charge in [0, 0.05) is 33.1 Å². The van der Waals surface area contributed by atoms with Crippen molar-refractivity contribution < 1.29 is 4.79 Å². The lowest BCUT2D eigenvalue weighted by Crippen LogP contribution is -2.33. The molecule has 0 aliphatic heterocycles. The molecule has 0 spiro atoms. The van der Waals surface area contributed by atoms with Gasteiger partial charge in [-0.15, -0.1) is 0 Å². The fourth-order valence-electron chi connectivity index (χ4n) is 3.24. The Bertz CT molecular complexity index is 424. The molecule has 1 aliphatic rings. The van der Waals surface area contributed by atoms with Crippen LogP contribution in [-0.2, 0) is 4.79 Å². The van der Waals surface area contributed by atoms with Gasteiger partial charge in [-0.2, -0.15) is 0 Å². The summed E-state index contributed by atoms with van der Waals surface area (Å²) in [6, 6.07) is 11.1. The summed E-state index contributed by atoms with van der Waals surface area (Å²) in [6.45, 7) is 0.757. The molecule has 1 aromatic rings. The third-order valence-corrected chi connectivity index (χ3v) is 4.48. The average molecular weight is 288 g/mol. The van der Waals surface area contributed by atoms with Gasteiger partial charge in [0.2, 0.25) is 5.91 Å². The van der Waals surface area contributed by atoms with Crippen molar-refractivity contribution in [1.29, 1.82) is 0 Å². The van der Waals surface area contributed by atoms with Crippen LogP contribution >= 0.6 is 0 Å². The van der Waals surface area contributed by atoms with Gasteiger partial charge in [0.05, 0.1) is 0 Å². The summed E-state index contributed by atoms with van der Waals surface area (Å²) in [4.78, 5) is 13.4. The molecule has 0 bridgehead atoms. The maximum atomic E-state index is 11.7. The molecule has 0 heterocycles. The average Bonchev–Trinajstić information content (AvgIpc) is 2.53. The molecular formula is C18H28N2O. The number of hydrogen-bond acceptors (Lipinski definition) is 2. The van der Waals surface area contributed by atoms with Gasteiger partial charge in [0.25, 0.3) is 0 Å². The zero-order valence-electron chi connectivity index (χ0n) is 13.3. The van der Waals surface area contributed by atoms with Crippen LogP contribution in [0.1, 0.15) is 50.1 Å². The van der Waals surface area contributed by atoms with Crippen molar-refractivity contribution in [3.63, 3.8) is 0 Å². The minimum Gasteiger partial charge on any atom is -0.349 e. The second-order valence-corrected chi connectivity index (χ2v) is 6.28. The zero-order valence-corrected chi connectivity index (χ0v) is 13.3. The summed E-state index contributed by atoms with van der Waals surface area (Å²) in [6.07, 6.45) is 7.22. The van der Waals surface area contributed by atoms with Crippen LogP contribution < -0.4 is 5.32 Å². The molecule has 2 rings (SSSR count). The fourth-order valence-corrected chi connectivity index (χ4v) is 3.24. The zero-order chi connectivity index (χ0) is 15.1. The highest BCUT2D eigenvalue weighted by Gasteiger charge is 2.24. The Hall–Kier alpha value is -1.35. The monoisotopic (exact) mass is 288 g/mol. The molecule has 1 fully saturated rings. The maximum absolute atomic E-state index is 11.7. The fraction of sp³-hybridized carbons (Fsp3) is 0.611. The molecule has 1 aromatic carbocycles. The molecule has 3 heteroatoms. The lowest BCUT2D eigenvalue weighted by atomic mass is 9.81. The van der Waals surface area contributed by atoms with E-state index in [-0.39, 0.29) is 5.91 Å². The minimum absolute atomic E-state index is 0.193. The van der Waals surface area contributed by atoms with Gasteiger partial charge in [0.15, 0.2) is 0 Å². The highest BCUT2D eigenvalue weighted by molar-refractivity contribution is 5.75. The molecule has 1 saturated carbocycles. The first-order chi connectivity index (χ1) is 10.2. The summed E-state index contributed by atoms with van der Waals surface area (Å²) >= 11 is 0. The smallest absolute Gasteiger partial charge is 0.223 e. The standard InChI is InChI=1S/C18H28N2O/c1-20(2)17(21)13-14-19-18(15-9-5-3-6-10-15)16-11-7-4-8-12-16/h3,5-6,9-10,16,18-19H,4,7-8,11-14H2,1-2H3. The van der Waals surface area contributed by atoms with Gasteiger partial charge in [-0.25, -0.2) is 0 Å². The number of carbonyl (C=O) groups excluding carboxylic acids is 1. The lowest BCUT2D eigenvalue weighted by Gasteiger charge is -2.31. The molecule has 0 saturated heterocycles. The molecule has 21 heavy (non-hydrogen) atoms. The Morgan fingerprint density at radius 3 is 2.48 bits per heavy atom. The molecule has 0 aromatic heterocycles. The van der Waals surface area contributed by atoms with Crippen LogP contribution in [0.3, 0.4) is 0 Å². The predicted molar refractivity (Wildman–Crippen MR) is 87.1 cm³/mol. The largest absolute Gasteiger partial charge is 0.349 e. The summed E-state index contributed by atoms with van der Waals surface area (Å²) < 4.78 is 0. The highest BCUT2D eigenvalue weighted by Crippen LogP contribution is 2.34. The van der Waals surface area contributed by atoms with Crippen molar-refractivity contribution in [3.05, 3.63) is 35.9 Å². The first-order valence-electron chi connectivity index (χ1n) is 8.17. The number of nitrogens with one attached hydrogen (secondary N) is 1. The molecule has 116 valence electrons. The van der Waals surface area contributed by atoms with Crippen LogP contribution in [0.15, 0.2) is 30.3 Å². The molecule has 3 nitrogen and oxygen atoms in total. The van der Waals surface area contributed by atoms with E-state index in [1.807, 2.05) is 14.1 Å². The molecule has 1 atom stereocenters. The van der Waals surface area contributed by atoms with E-state index in [9.17, 15) is 4.79 Å². The Kier molecular flexibility index (Phi) is 6.24. The topological polar surface area (TPSA) is 32.3 Å². The first-order valence-corrected chi connectivity index (χ1v) is 8.17. The Morgan fingerprint density at radius 2 is 1.86 bits per heavy atom. The maximum Gasteiger partial charge on any atom is 0.223 e. The van der Waals surface area contributed by atoms with Crippen molar-refractivity contribution in [2.75, 3.05) is 20.6 Å². The normalized spacial score (nSPS) is 17.4. The second kappa shape index (κ2) is 8.18. The van der Waals surface area contributed by atoms with Gasteiger partial charge in [-0.1, -0.05) is 49.6 Å². The van der Waals surface area contributed by atoms with Crippen molar-refractivity contribution in [2.45, 2.75) is 44.6 Å². The quantitative estimate of drug-likeness (QED) is 0.870. The van der Waals surface area contributed by atoms with Gasteiger partial charge in [-0.3, -0.25) is 4.79 Å². The van der Waals surface area contributed by atoms with E-state index in [2.05, 4.69) is 35.6 Å². The molecule has 1 aliphatic carbocycles. The van der Waals surface area contributed by atoms with E-state index in [1.165, 1.54) is 37.7 Å². The van der Waals surface area contributed by atoms with E-state index < -0.39 is 0 Å². The van der Waals surface area contributed by atoms with E-state index >= 15 is 0 Å². The van der Waals surface area contributed by atoms with Gasteiger partial charge < -0.3 is 10.2 Å². The Morgan fingerprint density at radius 1 is 1.19 bits per heavy atom. The summed E-state index contributed by atoms with van der Waals surface area (Å²) in [5.41, 5.74) is 1.36. The Labute approximate surface area is 128 Å². The molecular weight excluding hydrogens is 260 g/mol. The van der Waals surface area contributed by atoms with E-state index in [4.69, 9.17) is 0 Å². The number of amides is 1. The number of benzene rings is 1. The van der Waals surface area contributed by atoms with Crippen molar-refractivity contribution >= 4 is 5.91 Å². The summed E-state index contributed by atoms with van der Waals surface area (Å²) in [5, 5.41) is 3.64. The van der Waals surface area contributed by atoms with Crippen molar-refractivity contribution in [2.24, 2.45) is 5.92 Å². The summed E-state index contributed by atoms with van der Waals surface area (Å²) in [5.74, 6) is 0.897.